The van der Waals surface area contributed by atoms with E-state index in [0.717, 1.165) is 5.56 Å². The number of anilines is 1. The Kier molecular flexibility index (Phi) is 4.48. The molecule has 0 unspecified atom stereocenters. The van der Waals surface area contributed by atoms with Gasteiger partial charge in [0.15, 0.2) is 0 Å². The number of carbonyl (C=O) groups is 1. The summed E-state index contributed by atoms with van der Waals surface area (Å²) in [6.45, 7) is 4.70. The van der Waals surface area contributed by atoms with Crippen molar-refractivity contribution in [1.82, 2.24) is 0 Å². The fourth-order valence-electron chi connectivity index (χ4n) is 1.97. The molecule has 0 aliphatic rings. The summed E-state index contributed by atoms with van der Waals surface area (Å²) < 4.78 is 5.64. The molecular weight excluding hydrogens is 266 g/mol. The number of ether oxygens (including phenoxy) is 1. The van der Waals surface area contributed by atoms with E-state index < -0.39 is 5.97 Å². The predicted octanol–water partition coefficient (Wildman–Crippen LogP) is 3.67. The van der Waals surface area contributed by atoms with E-state index in [0.29, 0.717) is 24.0 Å². The van der Waals surface area contributed by atoms with Gasteiger partial charge >= 0.3 is 5.97 Å². The van der Waals surface area contributed by atoms with Crippen LogP contribution in [-0.4, -0.2) is 11.1 Å². The highest BCUT2D eigenvalue weighted by Gasteiger charge is 2.07. The molecule has 4 heteroatoms. The lowest BCUT2D eigenvalue weighted by Crippen LogP contribution is -2.02. The van der Waals surface area contributed by atoms with Gasteiger partial charge in [-0.15, -0.1) is 0 Å². The molecule has 0 heterocycles. The van der Waals surface area contributed by atoms with Crippen molar-refractivity contribution in [3.63, 3.8) is 0 Å². The Balaban J connectivity index is 2.04. The van der Waals surface area contributed by atoms with E-state index in [4.69, 9.17) is 15.6 Å². The van der Waals surface area contributed by atoms with Gasteiger partial charge < -0.3 is 15.6 Å². The number of rotatable bonds is 5. The fourth-order valence-corrected chi connectivity index (χ4v) is 1.97. The number of aromatic carboxylic acids is 1. The molecule has 0 saturated heterocycles. The molecule has 0 fully saturated rings. The van der Waals surface area contributed by atoms with Crippen LogP contribution in [0.3, 0.4) is 0 Å². The molecule has 2 rings (SSSR count). The van der Waals surface area contributed by atoms with E-state index in [-0.39, 0.29) is 5.56 Å². The molecular formula is C17H19NO3. The van der Waals surface area contributed by atoms with Gasteiger partial charge in [-0.25, -0.2) is 4.79 Å². The van der Waals surface area contributed by atoms with Crippen molar-refractivity contribution >= 4 is 11.7 Å². The van der Waals surface area contributed by atoms with Gasteiger partial charge in [-0.3, -0.25) is 0 Å². The zero-order chi connectivity index (χ0) is 15.4. The van der Waals surface area contributed by atoms with Gasteiger partial charge in [-0.05, 0) is 35.2 Å². The minimum Gasteiger partial charge on any atom is -0.487 e. The van der Waals surface area contributed by atoms with E-state index >= 15 is 0 Å². The van der Waals surface area contributed by atoms with Gasteiger partial charge in [-0.1, -0.05) is 38.1 Å². The third kappa shape index (κ3) is 3.75. The third-order valence-electron chi connectivity index (χ3n) is 3.30. The lowest BCUT2D eigenvalue weighted by Gasteiger charge is -2.11. The van der Waals surface area contributed by atoms with Crippen molar-refractivity contribution in [3.05, 3.63) is 59.2 Å². The maximum absolute atomic E-state index is 10.8. The lowest BCUT2D eigenvalue weighted by molar-refractivity contribution is 0.0697. The first-order valence-electron chi connectivity index (χ1n) is 6.82. The Labute approximate surface area is 124 Å². The van der Waals surface area contributed by atoms with Crippen molar-refractivity contribution in [3.8, 4) is 5.75 Å². The fraction of sp³-hybridized carbons (Fsp3) is 0.235. The highest BCUT2D eigenvalue weighted by atomic mass is 16.5. The quantitative estimate of drug-likeness (QED) is 0.822. The van der Waals surface area contributed by atoms with E-state index in [1.807, 2.05) is 12.1 Å². The number of hydrogen-bond donors (Lipinski definition) is 2. The van der Waals surface area contributed by atoms with Crippen LogP contribution in [0.15, 0.2) is 42.5 Å². The molecule has 0 aliphatic carbocycles. The Hall–Kier alpha value is -2.49. The van der Waals surface area contributed by atoms with Crippen LogP contribution in [0.25, 0.3) is 0 Å². The second kappa shape index (κ2) is 6.31. The highest BCUT2D eigenvalue weighted by molar-refractivity contribution is 5.89. The van der Waals surface area contributed by atoms with Crippen LogP contribution in [0, 0.1) is 0 Å². The SMILES string of the molecule is CC(C)c1ccc(COc2ccc(C(=O)O)cc2N)cc1. The molecule has 4 nitrogen and oxygen atoms in total. The number of nitrogens with two attached hydrogens (primary N) is 1. The van der Waals surface area contributed by atoms with Gasteiger partial charge in [0.25, 0.3) is 0 Å². The second-order valence-corrected chi connectivity index (χ2v) is 5.24. The zero-order valence-electron chi connectivity index (χ0n) is 12.2. The lowest BCUT2D eigenvalue weighted by atomic mass is 10.0. The Bertz CT molecular complexity index is 633. The predicted molar refractivity (Wildman–Crippen MR) is 82.7 cm³/mol. The summed E-state index contributed by atoms with van der Waals surface area (Å²) in [4.78, 5) is 10.8. The van der Waals surface area contributed by atoms with Crippen molar-refractivity contribution < 1.29 is 14.6 Å². The Morgan fingerprint density at radius 1 is 1.19 bits per heavy atom. The summed E-state index contributed by atoms with van der Waals surface area (Å²) >= 11 is 0. The maximum Gasteiger partial charge on any atom is 0.335 e. The summed E-state index contributed by atoms with van der Waals surface area (Å²) in [5.41, 5.74) is 8.60. The van der Waals surface area contributed by atoms with Crippen LogP contribution in [0.4, 0.5) is 5.69 Å². The van der Waals surface area contributed by atoms with Gasteiger partial charge in [0.2, 0.25) is 0 Å². The summed E-state index contributed by atoms with van der Waals surface area (Å²) in [6, 6.07) is 12.7. The molecule has 110 valence electrons. The molecule has 2 aromatic rings. The van der Waals surface area contributed by atoms with E-state index in [9.17, 15) is 4.79 Å². The van der Waals surface area contributed by atoms with Crippen molar-refractivity contribution in [2.75, 3.05) is 5.73 Å². The first-order chi connectivity index (χ1) is 9.97. The van der Waals surface area contributed by atoms with E-state index in [2.05, 4.69) is 26.0 Å². The number of hydrogen-bond acceptors (Lipinski definition) is 3. The van der Waals surface area contributed by atoms with Crippen LogP contribution < -0.4 is 10.5 Å². The molecule has 0 spiro atoms. The summed E-state index contributed by atoms with van der Waals surface area (Å²) in [5.74, 6) is -0.00960. The van der Waals surface area contributed by atoms with Crippen LogP contribution in [0.1, 0.15) is 41.3 Å². The van der Waals surface area contributed by atoms with Crippen LogP contribution in [-0.2, 0) is 6.61 Å². The summed E-state index contributed by atoms with van der Waals surface area (Å²) in [7, 11) is 0. The van der Waals surface area contributed by atoms with Crippen molar-refractivity contribution in [1.29, 1.82) is 0 Å². The minimum absolute atomic E-state index is 0.154. The summed E-state index contributed by atoms with van der Waals surface area (Å²) in [6.07, 6.45) is 0. The molecule has 0 aromatic heterocycles. The molecule has 0 radical (unpaired) electrons. The van der Waals surface area contributed by atoms with Gasteiger partial charge in [-0.2, -0.15) is 0 Å². The first kappa shape index (κ1) is 14.9. The Morgan fingerprint density at radius 2 is 1.86 bits per heavy atom. The van der Waals surface area contributed by atoms with Gasteiger partial charge in [0, 0.05) is 0 Å². The molecule has 0 aliphatic heterocycles. The molecule has 3 N–H and O–H groups in total. The molecule has 0 saturated carbocycles. The molecule has 2 aromatic carbocycles. The topological polar surface area (TPSA) is 72.5 Å². The van der Waals surface area contributed by atoms with Crippen LogP contribution in [0.2, 0.25) is 0 Å². The molecule has 0 atom stereocenters. The van der Waals surface area contributed by atoms with Crippen LogP contribution in [0.5, 0.6) is 5.75 Å². The smallest absolute Gasteiger partial charge is 0.335 e. The standard InChI is InChI=1S/C17H19NO3/c1-11(2)13-5-3-12(4-6-13)10-21-16-8-7-14(17(19)20)9-15(16)18/h3-9,11H,10,18H2,1-2H3,(H,19,20). The van der Waals surface area contributed by atoms with Gasteiger partial charge in [0.05, 0.1) is 11.3 Å². The third-order valence-corrected chi connectivity index (χ3v) is 3.30. The number of nitrogen functional groups attached to an aromatic ring is 1. The number of carboxylic acids is 1. The molecule has 0 bridgehead atoms. The highest BCUT2D eigenvalue weighted by Crippen LogP contribution is 2.24. The second-order valence-electron chi connectivity index (χ2n) is 5.24. The molecule has 0 amide bonds. The van der Waals surface area contributed by atoms with Gasteiger partial charge in [0.1, 0.15) is 12.4 Å². The van der Waals surface area contributed by atoms with E-state index in [1.165, 1.54) is 17.7 Å². The maximum atomic E-state index is 10.8. The van der Waals surface area contributed by atoms with Crippen LogP contribution >= 0.6 is 0 Å². The normalized spacial score (nSPS) is 10.6. The largest absolute Gasteiger partial charge is 0.487 e. The number of carboxylic acid groups (broad SMARTS) is 1. The monoisotopic (exact) mass is 285 g/mol. The zero-order valence-corrected chi connectivity index (χ0v) is 12.2. The average Bonchev–Trinajstić information content (AvgIpc) is 2.46. The number of benzene rings is 2. The minimum atomic E-state index is -1.00. The van der Waals surface area contributed by atoms with Crippen molar-refractivity contribution in [2.45, 2.75) is 26.4 Å². The Morgan fingerprint density at radius 3 is 2.38 bits per heavy atom. The molecule has 21 heavy (non-hydrogen) atoms. The van der Waals surface area contributed by atoms with Crippen molar-refractivity contribution in [2.24, 2.45) is 0 Å². The first-order valence-corrected chi connectivity index (χ1v) is 6.82. The average molecular weight is 285 g/mol. The summed E-state index contributed by atoms with van der Waals surface area (Å²) in [5, 5.41) is 8.88. The van der Waals surface area contributed by atoms with E-state index in [1.54, 1.807) is 6.07 Å².